The Kier molecular flexibility index (Phi) is 2.97. The Morgan fingerprint density at radius 1 is 1.45 bits per heavy atom. The van der Waals surface area contributed by atoms with Crippen LogP contribution in [0.1, 0.15) is 49.1 Å². The summed E-state index contributed by atoms with van der Waals surface area (Å²) in [6.07, 6.45) is 3.18. The fourth-order valence-electron chi connectivity index (χ4n) is 3.22. The van der Waals surface area contributed by atoms with Crippen LogP contribution in [-0.2, 0) is 20.0 Å². The molecule has 0 saturated heterocycles. The summed E-state index contributed by atoms with van der Waals surface area (Å²) in [7, 11) is 1.88. The van der Waals surface area contributed by atoms with Crippen LogP contribution in [0.15, 0.2) is 12.4 Å². The molecule has 5 heteroatoms. The molecule has 3 rings (SSSR count). The third kappa shape index (κ3) is 2.26. The van der Waals surface area contributed by atoms with Gasteiger partial charge in [-0.1, -0.05) is 13.8 Å². The van der Waals surface area contributed by atoms with E-state index in [2.05, 4.69) is 41.5 Å². The highest BCUT2D eigenvalue weighted by Crippen LogP contribution is 2.41. The molecule has 0 bridgehead atoms. The average Bonchev–Trinajstić information content (AvgIpc) is 2.86. The Hall–Kier alpha value is -1.62. The molecule has 20 heavy (non-hydrogen) atoms. The molecule has 0 aromatic carbocycles. The molecular formula is C15H22N4O. The van der Waals surface area contributed by atoms with E-state index in [1.807, 2.05) is 7.05 Å². The van der Waals surface area contributed by atoms with Gasteiger partial charge in [-0.3, -0.25) is 4.68 Å². The van der Waals surface area contributed by atoms with Crippen molar-refractivity contribution < 1.29 is 5.11 Å². The van der Waals surface area contributed by atoms with Crippen molar-refractivity contribution in [1.82, 2.24) is 19.3 Å². The van der Waals surface area contributed by atoms with Crippen molar-refractivity contribution in [3.8, 4) is 0 Å². The third-order valence-electron chi connectivity index (χ3n) is 4.15. The second kappa shape index (κ2) is 4.45. The van der Waals surface area contributed by atoms with Gasteiger partial charge in [0.25, 0.3) is 0 Å². The van der Waals surface area contributed by atoms with Gasteiger partial charge >= 0.3 is 0 Å². The van der Waals surface area contributed by atoms with Crippen LogP contribution in [0.4, 0.5) is 0 Å². The number of aliphatic hydroxyl groups excluding tert-OH is 1. The minimum Gasteiger partial charge on any atom is -0.388 e. The van der Waals surface area contributed by atoms with E-state index in [0.29, 0.717) is 6.54 Å². The number of hydrogen-bond donors (Lipinski definition) is 1. The summed E-state index contributed by atoms with van der Waals surface area (Å²) in [4.78, 5) is 4.30. The first-order valence-corrected chi connectivity index (χ1v) is 7.07. The van der Waals surface area contributed by atoms with Gasteiger partial charge in [-0.05, 0) is 31.2 Å². The van der Waals surface area contributed by atoms with Crippen LogP contribution in [0.5, 0.6) is 0 Å². The van der Waals surface area contributed by atoms with Crippen molar-refractivity contribution in [1.29, 1.82) is 0 Å². The molecule has 1 aliphatic carbocycles. The van der Waals surface area contributed by atoms with E-state index < -0.39 is 0 Å². The maximum atomic E-state index is 10.4. The quantitative estimate of drug-likeness (QED) is 0.911. The predicted molar refractivity (Wildman–Crippen MR) is 76.3 cm³/mol. The lowest BCUT2D eigenvalue weighted by molar-refractivity contribution is 0.0980. The van der Waals surface area contributed by atoms with Gasteiger partial charge < -0.3 is 9.67 Å². The van der Waals surface area contributed by atoms with E-state index in [4.69, 9.17) is 0 Å². The molecule has 2 aromatic heterocycles. The van der Waals surface area contributed by atoms with E-state index in [1.165, 1.54) is 11.4 Å². The first-order chi connectivity index (χ1) is 9.35. The normalized spacial score (nSPS) is 20.9. The first-order valence-electron chi connectivity index (χ1n) is 7.07. The van der Waals surface area contributed by atoms with Gasteiger partial charge in [0.05, 0.1) is 12.6 Å². The Morgan fingerprint density at radius 3 is 2.85 bits per heavy atom. The van der Waals surface area contributed by atoms with Crippen LogP contribution in [0.2, 0.25) is 0 Å². The lowest BCUT2D eigenvalue weighted by Gasteiger charge is -2.33. The zero-order valence-corrected chi connectivity index (χ0v) is 12.6. The highest BCUT2D eigenvalue weighted by Gasteiger charge is 2.34. The summed E-state index contributed by atoms with van der Waals surface area (Å²) in [5.74, 6) is 0.812. The lowest BCUT2D eigenvalue weighted by Crippen LogP contribution is -2.27. The van der Waals surface area contributed by atoms with Crippen molar-refractivity contribution in [2.75, 3.05) is 0 Å². The van der Waals surface area contributed by atoms with Crippen molar-refractivity contribution >= 4 is 0 Å². The molecule has 1 N–H and O–H groups in total. The molecule has 1 unspecified atom stereocenters. The van der Waals surface area contributed by atoms with E-state index in [0.717, 1.165) is 24.2 Å². The summed E-state index contributed by atoms with van der Waals surface area (Å²) in [6, 6.07) is 2.11. The van der Waals surface area contributed by atoms with Crippen LogP contribution < -0.4 is 0 Å². The third-order valence-corrected chi connectivity index (χ3v) is 4.15. The van der Waals surface area contributed by atoms with Crippen molar-refractivity contribution in [3.63, 3.8) is 0 Å². The standard InChI is InChI=1S/C15H22N4O/c1-10-5-11-12(6-15(2,3)7-13(11)20)19(10)8-14-16-9-18(4)17-14/h5,9,13,20H,6-8H2,1-4H3. The molecule has 5 nitrogen and oxygen atoms in total. The maximum Gasteiger partial charge on any atom is 0.170 e. The van der Waals surface area contributed by atoms with Crippen LogP contribution >= 0.6 is 0 Å². The van der Waals surface area contributed by atoms with Gasteiger partial charge in [-0.15, -0.1) is 0 Å². The molecule has 1 atom stereocenters. The number of fused-ring (bicyclic) bond motifs is 1. The molecule has 2 heterocycles. The molecular weight excluding hydrogens is 252 g/mol. The summed E-state index contributed by atoms with van der Waals surface area (Å²) in [6.45, 7) is 7.18. The van der Waals surface area contributed by atoms with Crippen LogP contribution in [0.25, 0.3) is 0 Å². The van der Waals surface area contributed by atoms with E-state index >= 15 is 0 Å². The number of rotatable bonds is 2. The zero-order valence-electron chi connectivity index (χ0n) is 12.6. The van der Waals surface area contributed by atoms with Crippen LogP contribution in [0, 0.1) is 12.3 Å². The first kappa shape index (κ1) is 13.4. The van der Waals surface area contributed by atoms with Gasteiger partial charge in [0, 0.05) is 24.0 Å². The molecule has 0 saturated carbocycles. The molecule has 1 aliphatic rings. The number of hydrogen-bond acceptors (Lipinski definition) is 3. The minimum absolute atomic E-state index is 0.131. The molecule has 108 valence electrons. The second-order valence-electron chi connectivity index (χ2n) is 6.67. The molecule has 0 radical (unpaired) electrons. The Bertz CT molecular complexity index is 638. The van der Waals surface area contributed by atoms with Gasteiger partial charge in [0.15, 0.2) is 5.82 Å². The number of aromatic nitrogens is 4. The van der Waals surface area contributed by atoms with E-state index in [1.54, 1.807) is 11.0 Å². The fourth-order valence-corrected chi connectivity index (χ4v) is 3.22. The predicted octanol–water partition coefficient (Wildman–Crippen LogP) is 1.98. The lowest BCUT2D eigenvalue weighted by atomic mass is 9.75. The van der Waals surface area contributed by atoms with E-state index in [9.17, 15) is 5.11 Å². The van der Waals surface area contributed by atoms with Gasteiger partial charge in [0.1, 0.15) is 6.33 Å². The maximum absolute atomic E-state index is 10.4. The van der Waals surface area contributed by atoms with Crippen molar-refractivity contribution in [3.05, 3.63) is 35.2 Å². The molecule has 0 spiro atoms. The topological polar surface area (TPSA) is 55.9 Å². The largest absolute Gasteiger partial charge is 0.388 e. The molecule has 2 aromatic rings. The monoisotopic (exact) mass is 274 g/mol. The summed E-state index contributed by atoms with van der Waals surface area (Å²) in [5, 5.41) is 14.7. The van der Waals surface area contributed by atoms with Crippen LogP contribution in [-0.4, -0.2) is 24.4 Å². The number of nitrogens with zero attached hydrogens (tertiary/aromatic N) is 4. The van der Waals surface area contributed by atoms with Crippen molar-refractivity contribution in [2.24, 2.45) is 12.5 Å². The van der Waals surface area contributed by atoms with Crippen LogP contribution in [0.3, 0.4) is 0 Å². The Balaban J connectivity index is 2.00. The van der Waals surface area contributed by atoms with Gasteiger partial charge in [0.2, 0.25) is 0 Å². The number of aliphatic hydroxyl groups is 1. The second-order valence-corrected chi connectivity index (χ2v) is 6.67. The summed E-state index contributed by atoms with van der Waals surface area (Å²) >= 11 is 0. The smallest absolute Gasteiger partial charge is 0.170 e. The Morgan fingerprint density at radius 2 is 2.20 bits per heavy atom. The SMILES string of the molecule is Cc1cc2c(n1Cc1ncn(C)n1)CC(C)(C)CC2O. The molecule has 0 amide bonds. The summed E-state index contributed by atoms with van der Waals surface area (Å²) < 4.78 is 3.97. The van der Waals surface area contributed by atoms with Gasteiger partial charge in [-0.2, -0.15) is 5.10 Å². The molecule has 0 aliphatic heterocycles. The number of aryl methyl sites for hydroxylation is 2. The summed E-state index contributed by atoms with van der Waals surface area (Å²) in [5.41, 5.74) is 3.61. The van der Waals surface area contributed by atoms with Crippen molar-refractivity contribution in [2.45, 2.75) is 46.3 Å². The Labute approximate surface area is 119 Å². The zero-order chi connectivity index (χ0) is 14.5. The molecule has 0 fully saturated rings. The minimum atomic E-state index is -0.356. The fraction of sp³-hybridized carbons (Fsp3) is 0.600. The average molecular weight is 274 g/mol. The van der Waals surface area contributed by atoms with Gasteiger partial charge in [-0.25, -0.2) is 4.98 Å². The van der Waals surface area contributed by atoms with E-state index in [-0.39, 0.29) is 11.5 Å². The highest BCUT2D eigenvalue weighted by molar-refractivity contribution is 5.33. The highest BCUT2D eigenvalue weighted by atomic mass is 16.3.